The number of carbonyl (C=O) groups excluding carboxylic acids is 1. The summed E-state index contributed by atoms with van der Waals surface area (Å²) in [4.78, 5) is 25.4. The van der Waals surface area contributed by atoms with Crippen LogP contribution in [0, 0.1) is 0 Å². The minimum Gasteiger partial charge on any atom is -0.465 e. The van der Waals surface area contributed by atoms with E-state index in [4.69, 9.17) is 4.74 Å². The van der Waals surface area contributed by atoms with Crippen LogP contribution in [0.2, 0.25) is 0 Å². The minimum absolute atomic E-state index is 0.118. The maximum absolute atomic E-state index is 12.0. The molecule has 0 saturated carbocycles. The maximum atomic E-state index is 12.0. The van der Waals surface area contributed by atoms with Crippen LogP contribution in [0.5, 0.6) is 0 Å². The van der Waals surface area contributed by atoms with E-state index in [-0.39, 0.29) is 12.0 Å². The topological polar surface area (TPSA) is 91.2 Å². The summed E-state index contributed by atoms with van der Waals surface area (Å²) in [6.45, 7) is 5.72. The van der Waals surface area contributed by atoms with Crippen LogP contribution in [0.25, 0.3) is 11.1 Å². The van der Waals surface area contributed by atoms with Gasteiger partial charge < -0.3 is 14.7 Å². The van der Waals surface area contributed by atoms with Crippen LogP contribution in [0.1, 0.15) is 57.1 Å². The number of rotatable bonds is 3. The van der Waals surface area contributed by atoms with Crippen molar-refractivity contribution in [3.63, 3.8) is 0 Å². The van der Waals surface area contributed by atoms with Gasteiger partial charge in [0, 0.05) is 37.1 Å². The van der Waals surface area contributed by atoms with Crippen molar-refractivity contribution in [2.75, 3.05) is 6.54 Å². The van der Waals surface area contributed by atoms with Crippen LogP contribution in [0.4, 0.5) is 9.59 Å². The van der Waals surface area contributed by atoms with E-state index in [1.807, 2.05) is 24.3 Å². The van der Waals surface area contributed by atoms with Gasteiger partial charge in [0.2, 0.25) is 0 Å². The Kier molecular flexibility index (Phi) is 5.91. The number of nitrogens with one attached hydrogen (secondary N) is 1. The number of ether oxygens (including phenoxy) is 1. The highest BCUT2D eigenvalue weighted by Crippen LogP contribution is 2.47. The van der Waals surface area contributed by atoms with E-state index in [1.165, 1.54) is 27.2 Å². The van der Waals surface area contributed by atoms with E-state index in [2.05, 4.69) is 34.8 Å². The minimum atomic E-state index is -0.922. The lowest BCUT2D eigenvalue weighted by Crippen LogP contribution is -2.46. The highest BCUT2D eigenvalue weighted by Gasteiger charge is 2.36. The van der Waals surface area contributed by atoms with E-state index in [1.54, 1.807) is 20.8 Å². The number of carboxylic acid groups (broad SMARTS) is 1. The average Bonchev–Trinajstić information content (AvgIpc) is 3.05. The predicted molar refractivity (Wildman–Crippen MR) is 123 cm³/mol. The van der Waals surface area contributed by atoms with E-state index in [0.717, 1.165) is 5.71 Å². The third kappa shape index (κ3) is 4.61. The molecule has 7 nitrogen and oxygen atoms in total. The number of likely N-dealkylation sites (tertiary alicyclic amines) is 1. The van der Waals surface area contributed by atoms with Crippen LogP contribution >= 0.6 is 0 Å². The monoisotopic (exact) mass is 435 g/mol. The van der Waals surface area contributed by atoms with Crippen LogP contribution < -0.4 is 5.43 Å². The molecule has 1 unspecified atom stereocenters. The zero-order valence-electron chi connectivity index (χ0n) is 18.7. The number of nitrogens with zero attached hydrogens (tertiary/aromatic N) is 2. The molecule has 0 bridgehead atoms. The van der Waals surface area contributed by atoms with Crippen LogP contribution in [0.3, 0.4) is 0 Å². The van der Waals surface area contributed by atoms with Crippen LogP contribution in [-0.4, -0.2) is 46.1 Å². The summed E-state index contributed by atoms with van der Waals surface area (Å²) in [6.07, 6.45) is 0.0834. The van der Waals surface area contributed by atoms with Gasteiger partial charge in [-0.2, -0.15) is 5.10 Å². The number of piperidine rings is 1. The standard InChI is InChI=1S/C25H29N3O4/c1-25(2,3)32-23(29)27-26-16-12-13-28(24(30)31)17(14-16)15-22-20-10-6-4-8-18(20)19-9-5-7-11-21(19)22/h4-11,17,22H,12-15H2,1-3H3,(H,27,29)(H,30,31). The van der Waals surface area contributed by atoms with Gasteiger partial charge in [-0.3, -0.25) is 0 Å². The first kappa shape index (κ1) is 21.9. The second-order valence-corrected chi connectivity index (χ2v) is 9.34. The second kappa shape index (κ2) is 8.65. The highest BCUT2D eigenvalue weighted by atomic mass is 16.6. The Balaban J connectivity index is 1.55. The lowest BCUT2D eigenvalue weighted by atomic mass is 9.86. The zero-order valence-corrected chi connectivity index (χ0v) is 18.7. The van der Waals surface area contributed by atoms with E-state index in [0.29, 0.717) is 25.8 Å². The number of benzene rings is 2. The van der Waals surface area contributed by atoms with Crippen molar-refractivity contribution in [1.82, 2.24) is 10.3 Å². The predicted octanol–water partition coefficient (Wildman–Crippen LogP) is 5.21. The molecular weight excluding hydrogens is 406 g/mol. The summed E-state index contributed by atoms with van der Waals surface area (Å²) in [5.74, 6) is 0.118. The molecule has 7 heteroatoms. The van der Waals surface area contributed by atoms with Gasteiger partial charge in [-0.1, -0.05) is 48.5 Å². The molecule has 0 spiro atoms. The van der Waals surface area contributed by atoms with Gasteiger partial charge in [-0.15, -0.1) is 0 Å². The fraction of sp³-hybridized carbons (Fsp3) is 0.400. The molecule has 1 aliphatic carbocycles. The first-order chi connectivity index (χ1) is 15.2. The molecule has 1 fully saturated rings. The molecule has 1 saturated heterocycles. The van der Waals surface area contributed by atoms with Gasteiger partial charge in [0.05, 0.1) is 0 Å². The van der Waals surface area contributed by atoms with Crippen LogP contribution in [-0.2, 0) is 4.74 Å². The van der Waals surface area contributed by atoms with Crippen molar-refractivity contribution in [3.8, 4) is 11.1 Å². The smallest absolute Gasteiger partial charge is 0.428 e. The van der Waals surface area contributed by atoms with Crippen molar-refractivity contribution >= 4 is 17.9 Å². The summed E-state index contributed by atoms with van der Waals surface area (Å²) in [6, 6.07) is 16.4. The average molecular weight is 436 g/mol. The number of amides is 2. The number of fused-ring (bicyclic) bond motifs is 3. The van der Waals surface area contributed by atoms with Gasteiger partial charge in [0.15, 0.2) is 0 Å². The molecule has 168 valence electrons. The van der Waals surface area contributed by atoms with Gasteiger partial charge in [-0.05, 0) is 49.4 Å². The van der Waals surface area contributed by atoms with Crippen molar-refractivity contribution in [2.24, 2.45) is 5.10 Å². The molecule has 2 amide bonds. The first-order valence-electron chi connectivity index (χ1n) is 10.9. The molecular formula is C25H29N3O4. The molecule has 1 aliphatic heterocycles. The van der Waals surface area contributed by atoms with Crippen molar-refractivity contribution < 1.29 is 19.4 Å². The first-order valence-corrected chi connectivity index (χ1v) is 10.9. The van der Waals surface area contributed by atoms with Crippen LogP contribution in [0.15, 0.2) is 53.6 Å². The summed E-state index contributed by atoms with van der Waals surface area (Å²) in [5, 5.41) is 14.0. The van der Waals surface area contributed by atoms with E-state index < -0.39 is 17.8 Å². The molecule has 0 radical (unpaired) electrons. The van der Waals surface area contributed by atoms with E-state index >= 15 is 0 Å². The number of hydrazone groups is 1. The quantitative estimate of drug-likeness (QED) is 0.647. The Morgan fingerprint density at radius 1 is 1.09 bits per heavy atom. The molecule has 1 heterocycles. The van der Waals surface area contributed by atoms with Gasteiger partial charge >= 0.3 is 12.2 Å². The molecule has 2 aromatic carbocycles. The van der Waals surface area contributed by atoms with Gasteiger partial charge in [0.25, 0.3) is 0 Å². The van der Waals surface area contributed by atoms with Gasteiger partial charge in [0.1, 0.15) is 5.60 Å². The third-order valence-corrected chi connectivity index (χ3v) is 5.97. The normalized spacial score (nSPS) is 19.4. The summed E-state index contributed by atoms with van der Waals surface area (Å²) in [5.41, 5.74) is 7.52. The fourth-order valence-electron chi connectivity index (χ4n) is 4.69. The Labute approximate surface area is 188 Å². The van der Waals surface area contributed by atoms with Crippen molar-refractivity contribution in [3.05, 3.63) is 59.7 Å². The lowest BCUT2D eigenvalue weighted by Gasteiger charge is -2.36. The Morgan fingerprint density at radius 2 is 1.69 bits per heavy atom. The maximum Gasteiger partial charge on any atom is 0.428 e. The second-order valence-electron chi connectivity index (χ2n) is 9.34. The molecule has 4 rings (SSSR count). The third-order valence-electron chi connectivity index (χ3n) is 5.97. The Bertz CT molecular complexity index is 1010. The molecule has 2 aliphatic rings. The highest BCUT2D eigenvalue weighted by molar-refractivity contribution is 5.88. The fourth-order valence-corrected chi connectivity index (χ4v) is 4.69. The molecule has 32 heavy (non-hydrogen) atoms. The summed E-state index contributed by atoms with van der Waals surface area (Å²) >= 11 is 0. The van der Waals surface area contributed by atoms with Crippen molar-refractivity contribution in [1.29, 1.82) is 0 Å². The summed E-state index contributed by atoms with van der Waals surface area (Å²) < 4.78 is 5.24. The van der Waals surface area contributed by atoms with Gasteiger partial charge in [-0.25, -0.2) is 15.0 Å². The molecule has 2 N–H and O–H groups in total. The Hall–Kier alpha value is -3.35. The number of hydrogen-bond acceptors (Lipinski definition) is 4. The number of carbonyl (C=O) groups is 2. The lowest BCUT2D eigenvalue weighted by molar-refractivity contribution is 0.0527. The SMILES string of the molecule is CC(C)(C)OC(=O)NN=C1CCN(C(=O)O)C(CC2c3ccccc3-c3ccccc32)C1. The molecule has 1 atom stereocenters. The number of hydrogen-bond donors (Lipinski definition) is 2. The molecule has 0 aromatic heterocycles. The largest absolute Gasteiger partial charge is 0.465 e. The van der Waals surface area contributed by atoms with Crippen molar-refractivity contribution in [2.45, 2.75) is 57.6 Å². The van der Waals surface area contributed by atoms with E-state index in [9.17, 15) is 14.7 Å². The molecule has 2 aromatic rings. The zero-order chi connectivity index (χ0) is 22.9. The Morgan fingerprint density at radius 3 is 2.25 bits per heavy atom. The summed E-state index contributed by atoms with van der Waals surface area (Å²) in [7, 11) is 0.